The maximum atomic E-state index is 14.6. The topological polar surface area (TPSA) is 95.0 Å². The molecule has 2 heterocycles. The number of allylic oxidation sites excluding steroid dienone is 2. The Hall–Kier alpha value is -3.23. The second-order valence-corrected chi connectivity index (χ2v) is 14.9. The number of fused-ring (bicyclic) bond motifs is 1. The third-order valence-corrected chi connectivity index (χ3v) is 11.8. The summed E-state index contributed by atoms with van der Waals surface area (Å²) in [5.74, 6) is -0.728. The molecule has 7 nitrogen and oxygen atoms in total. The van der Waals surface area contributed by atoms with Gasteiger partial charge in [-0.05, 0) is 54.5 Å². The molecule has 2 aromatic carbocycles. The Labute approximate surface area is 250 Å². The average Bonchev–Trinajstić information content (AvgIpc) is 2.97. The summed E-state index contributed by atoms with van der Waals surface area (Å²) in [6.07, 6.45) is 6.74. The summed E-state index contributed by atoms with van der Waals surface area (Å²) in [7, 11) is -3.33. The zero-order valence-electron chi connectivity index (χ0n) is 25.1. The van der Waals surface area contributed by atoms with Crippen LogP contribution in [0.3, 0.4) is 0 Å². The lowest BCUT2D eigenvalue weighted by Gasteiger charge is -2.52. The number of carboxylic acids is 1. The van der Waals surface area contributed by atoms with Gasteiger partial charge in [0, 0.05) is 37.0 Å². The summed E-state index contributed by atoms with van der Waals surface area (Å²) in [6, 6.07) is 17.0. The van der Waals surface area contributed by atoms with Crippen LogP contribution in [0.5, 0.6) is 0 Å². The number of amides is 1. The van der Waals surface area contributed by atoms with Crippen molar-refractivity contribution in [1.82, 2.24) is 9.21 Å². The molecule has 1 saturated heterocycles. The first-order valence-corrected chi connectivity index (χ1v) is 16.5. The van der Waals surface area contributed by atoms with Gasteiger partial charge in [-0.3, -0.25) is 4.79 Å². The molecule has 2 aliphatic heterocycles. The highest BCUT2D eigenvalue weighted by atomic mass is 32.2. The first-order valence-electron chi connectivity index (χ1n) is 14.9. The molecule has 0 aromatic heterocycles. The first-order chi connectivity index (χ1) is 19.8. The van der Waals surface area contributed by atoms with Gasteiger partial charge in [-0.25, -0.2) is 17.5 Å². The van der Waals surface area contributed by atoms with E-state index in [4.69, 9.17) is 0 Å². The quantitative estimate of drug-likeness (QED) is 0.415. The van der Waals surface area contributed by atoms with E-state index in [0.717, 1.165) is 17.5 Å². The van der Waals surface area contributed by atoms with Crippen LogP contribution in [-0.2, 0) is 20.2 Å². The maximum absolute atomic E-state index is 14.6. The molecule has 0 radical (unpaired) electrons. The Morgan fingerprint density at radius 1 is 0.929 bits per heavy atom. The van der Waals surface area contributed by atoms with Crippen molar-refractivity contribution in [3.05, 3.63) is 89.0 Å². The standard InChI is InChI=1S/C34H42N2O5S/c1-5-23-42(40,41)36-21-18-34(19-22-36,27-9-7-6-8-10-27)31(39)35-20-16-29-32(2,3)28(15-17-33(29,4)24-35)25-11-13-26(14-12-25)30(37)38/h6-16H,5,17-24H2,1-4H3,(H,37,38)/t33-/m1/s1. The lowest BCUT2D eigenvalue weighted by Crippen LogP contribution is -2.57. The van der Waals surface area contributed by atoms with Crippen LogP contribution >= 0.6 is 0 Å². The van der Waals surface area contributed by atoms with Crippen molar-refractivity contribution in [2.24, 2.45) is 10.8 Å². The molecule has 2 aromatic rings. The molecule has 0 spiro atoms. The van der Waals surface area contributed by atoms with Gasteiger partial charge < -0.3 is 10.0 Å². The zero-order chi connectivity index (χ0) is 30.3. The number of benzene rings is 2. The lowest BCUT2D eigenvalue weighted by molar-refractivity contribution is -0.140. The summed E-state index contributed by atoms with van der Waals surface area (Å²) in [5.41, 5.74) is 3.41. The van der Waals surface area contributed by atoms with Crippen LogP contribution in [0, 0.1) is 10.8 Å². The van der Waals surface area contributed by atoms with E-state index in [2.05, 4.69) is 32.9 Å². The van der Waals surface area contributed by atoms with Crippen molar-refractivity contribution in [2.75, 3.05) is 31.9 Å². The molecule has 224 valence electrons. The normalized spacial score (nSPS) is 23.9. The molecule has 1 N–H and O–H groups in total. The monoisotopic (exact) mass is 590 g/mol. The molecule has 5 rings (SSSR count). The number of aromatic carboxylic acids is 1. The van der Waals surface area contributed by atoms with Gasteiger partial charge in [0.25, 0.3) is 0 Å². The average molecular weight is 591 g/mol. The second kappa shape index (κ2) is 11.1. The number of sulfonamides is 1. The van der Waals surface area contributed by atoms with Gasteiger partial charge in [0.2, 0.25) is 15.9 Å². The Bertz CT molecular complexity index is 1520. The highest BCUT2D eigenvalue weighted by molar-refractivity contribution is 7.89. The number of carbonyl (C=O) groups excluding carboxylic acids is 1. The van der Waals surface area contributed by atoms with Gasteiger partial charge in [-0.15, -0.1) is 0 Å². The summed E-state index contributed by atoms with van der Waals surface area (Å²) in [6.45, 7) is 10.3. The van der Waals surface area contributed by atoms with E-state index in [9.17, 15) is 23.1 Å². The van der Waals surface area contributed by atoms with Gasteiger partial charge in [0.1, 0.15) is 0 Å². The van der Waals surface area contributed by atoms with Crippen molar-refractivity contribution in [3.8, 4) is 0 Å². The van der Waals surface area contributed by atoms with Crippen LogP contribution in [-0.4, -0.2) is 66.5 Å². The molecule has 1 fully saturated rings. The summed E-state index contributed by atoms with van der Waals surface area (Å²) in [4.78, 5) is 27.9. The SMILES string of the molecule is CCCS(=O)(=O)N1CCC(C(=O)N2CC=C3C(C)(C)C(c4ccc(C(=O)O)cc4)=CC[C@]3(C)C2)(c2ccccc2)CC1. The predicted octanol–water partition coefficient (Wildman–Crippen LogP) is 5.75. The number of nitrogens with zero attached hydrogens (tertiary/aromatic N) is 2. The van der Waals surface area contributed by atoms with Crippen LogP contribution in [0.15, 0.2) is 72.3 Å². The Morgan fingerprint density at radius 3 is 2.17 bits per heavy atom. The maximum Gasteiger partial charge on any atom is 0.335 e. The molecular weight excluding hydrogens is 548 g/mol. The predicted molar refractivity (Wildman–Crippen MR) is 166 cm³/mol. The van der Waals surface area contributed by atoms with Crippen LogP contribution in [0.1, 0.15) is 74.9 Å². The number of rotatable bonds is 7. The molecule has 0 saturated carbocycles. The van der Waals surface area contributed by atoms with Crippen LogP contribution < -0.4 is 0 Å². The van der Waals surface area contributed by atoms with Gasteiger partial charge in [-0.1, -0.05) is 87.9 Å². The van der Waals surface area contributed by atoms with E-state index in [1.165, 1.54) is 11.1 Å². The van der Waals surface area contributed by atoms with Crippen LogP contribution in [0.2, 0.25) is 0 Å². The van der Waals surface area contributed by atoms with Crippen molar-refractivity contribution in [2.45, 2.75) is 58.8 Å². The fourth-order valence-corrected chi connectivity index (χ4v) is 9.09. The molecule has 0 unspecified atom stereocenters. The summed E-state index contributed by atoms with van der Waals surface area (Å²) >= 11 is 0. The Balaban J connectivity index is 1.42. The summed E-state index contributed by atoms with van der Waals surface area (Å²) < 4.78 is 27.2. The third kappa shape index (κ3) is 5.24. The first kappa shape index (κ1) is 30.2. The number of piperidine rings is 1. The zero-order valence-corrected chi connectivity index (χ0v) is 25.9. The highest BCUT2D eigenvalue weighted by Gasteiger charge is 2.51. The largest absolute Gasteiger partial charge is 0.478 e. The van der Waals surface area contributed by atoms with Crippen molar-refractivity contribution in [1.29, 1.82) is 0 Å². The second-order valence-electron chi connectivity index (χ2n) is 12.9. The van der Waals surface area contributed by atoms with Crippen molar-refractivity contribution in [3.63, 3.8) is 0 Å². The lowest BCUT2D eigenvalue weighted by atomic mass is 9.58. The van der Waals surface area contributed by atoms with E-state index in [0.29, 0.717) is 45.4 Å². The molecule has 3 aliphatic rings. The van der Waals surface area contributed by atoms with Gasteiger partial charge in [0.05, 0.1) is 16.7 Å². The fourth-order valence-electron chi connectivity index (χ4n) is 7.58. The molecular formula is C34H42N2O5S. The minimum Gasteiger partial charge on any atom is -0.478 e. The van der Waals surface area contributed by atoms with E-state index >= 15 is 0 Å². The minimum atomic E-state index is -3.33. The Morgan fingerprint density at radius 2 is 1.57 bits per heavy atom. The molecule has 1 amide bonds. The van der Waals surface area contributed by atoms with Crippen molar-refractivity contribution < 1.29 is 23.1 Å². The molecule has 42 heavy (non-hydrogen) atoms. The van der Waals surface area contributed by atoms with Gasteiger partial charge >= 0.3 is 5.97 Å². The van der Waals surface area contributed by atoms with E-state index in [1.54, 1.807) is 16.4 Å². The van der Waals surface area contributed by atoms with E-state index in [-0.39, 0.29) is 28.1 Å². The molecule has 0 bridgehead atoms. The number of carboxylic acid groups (broad SMARTS) is 1. The number of carbonyl (C=O) groups is 2. The summed E-state index contributed by atoms with van der Waals surface area (Å²) in [5, 5.41) is 9.32. The molecule has 8 heteroatoms. The van der Waals surface area contributed by atoms with Crippen LogP contribution in [0.25, 0.3) is 5.57 Å². The fraction of sp³-hybridized carbons (Fsp3) is 0.471. The van der Waals surface area contributed by atoms with E-state index < -0.39 is 21.4 Å². The highest BCUT2D eigenvalue weighted by Crippen LogP contribution is 2.55. The molecule has 1 aliphatic carbocycles. The van der Waals surface area contributed by atoms with Gasteiger partial charge in [0.15, 0.2) is 0 Å². The molecule has 1 atom stereocenters. The van der Waals surface area contributed by atoms with Gasteiger partial charge in [-0.2, -0.15) is 0 Å². The van der Waals surface area contributed by atoms with E-state index in [1.807, 2.05) is 54.3 Å². The smallest absolute Gasteiger partial charge is 0.335 e. The van der Waals surface area contributed by atoms with Crippen molar-refractivity contribution >= 4 is 27.5 Å². The van der Waals surface area contributed by atoms with Crippen LogP contribution in [0.4, 0.5) is 0 Å². The Kier molecular flexibility index (Phi) is 8.00. The number of hydrogen-bond donors (Lipinski definition) is 1. The minimum absolute atomic E-state index is 0.0783. The number of hydrogen-bond acceptors (Lipinski definition) is 4. The third-order valence-electron chi connectivity index (χ3n) is 9.71.